The highest BCUT2D eigenvalue weighted by Gasteiger charge is 2.16. The van der Waals surface area contributed by atoms with E-state index in [4.69, 9.17) is 4.74 Å². The number of hydrogen-bond donors (Lipinski definition) is 1. The molecule has 1 aromatic rings. The number of carbonyl (C=O) groups is 1. The minimum absolute atomic E-state index is 0.108. The lowest BCUT2D eigenvalue weighted by atomic mass is 10.0. The molecule has 0 bridgehead atoms. The number of esters is 1. The minimum Gasteiger partial charge on any atom is -0.508 e. The topological polar surface area (TPSA) is 46.5 Å². The summed E-state index contributed by atoms with van der Waals surface area (Å²) in [7, 11) is 0. The van der Waals surface area contributed by atoms with E-state index < -0.39 is 0 Å². The summed E-state index contributed by atoms with van der Waals surface area (Å²) in [5.74, 6) is 1.50. The molecule has 1 N–H and O–H groups in total. The first kappa shape index (κ1) is 19.2. The summed E-state index contributed by atoms with van der Waals surface area (Å²) in [5.41, 5.74) is 2.37. The molecule has 1 aliphatic rings. The predicted octanol–water partition coefficient (Wildman–Crippen LogP) is 5.12. The maximum absolute atomic E-state index is 11.9. The molecule has 0 aromatic heterocycles. The number of thioether (sulfide) groups is 1. The molecule has 24 heavy (non-hydrogen) atoms. The quantitative estimate of drug-likeness (QED) is 0.470. The molecule has 0 saturated heterocycles. The van der Waals surface area contributed by atoms with Gasteiger partial charge in [0.05, 0.1) is 13.0 Å². The van der Waals surface area contributed by atoms with Crippen molar-refractivity contribution < 1.29 is 14.6 Å². The normalized spacial score (nSPS) is 14.4. The van der Waals surface area contributed by atoms with E-state index >= 15 is 0 Å². The molecule has 2 rings (SSSR count). The van der Waals surface area contributed by atoms with Crippen LogP contribution in [-0.4, -0.2) is 23.4 Å². The summed E-state index contributed by atoms with van der Waals surface area (Å²) in [6, 6.07) is 3.99. The second-order valence-electron chi connectivity index (χ2n) is 6.63. The van der Waals surface area contributed by atoms with Crippen molar-refractivity contribution in [2.45, 2.75) is 70.1 Å². The Kier molecular flexibility index (Phi) is 7.97. The third-order valence-corrected chi connectivity index (χ3v) is 5.74. The van der Waals surface area contributed by atoms with Crippen molar-refractivity contribution in [1.82, 2.24) is 0 Å². The number of unbranched alkanes of at least 4 members (excludes halogenated alkanes) is 1. The first-order valence-corrected chi connectivity index (χ1v) is 10.3. The van der Waals surface area contributed by atoms with Crippen molar-refractivity contribution in [2.24, 2.45) is 5.92 Å². The Morgan fingerprint density at radius 3 is 2.92 bits per heavy atom. The number of rotatable bonds is 10. The largest absolute Gasteiger partial charge is 0.508 e. The fraction of sp³-hybridized carbons (Fsp3) is 0.650. The van der Waals surface area contributed by atoms with Gasteiger partial charge in [0.1, 0.15) is 5.75 Å². The van der Waals surface area contributed by atoms with Gasteiger partial charge in [0.25, 0.3) is 0 Å². The minimum atomic E-state index is -0.108. The van der Waals surface area contributed by atoms with Gasteiger partial charge in [-0.2, -0.15) is 0 Å². The van der Waals surface area contributed by atoms with Crippen molar-refractivity contribution in [1.29, 1.82) is 0 Å². The molecule has 0 radical (unpaired) electrons. The van der Waals surface area contributed by atoms with Crippen LogP contribution in [0.15, 0.2) is 17.0 Å². The van der Waals surface area contributed by atoms with E-state index in [1.807, 2.05) is 6.07 Å². The maximum atomic E-state index is 11.9. The van der Waals surface area contributed by atoms with E-state index in [-0.39, 0.29) is 5.97 Å². The van der Waals surface area contributed by atoms with Crippen LogP contribution in [0.3, 0.4) is 0 Å². The summed E-state index contributed by atoms with van der Waals surface area (Å²) < 4.78 is 5.43. The van der Waals surface area contributed by atoms with Crippen molar-refractivity contribution in [3.63, 3.8) is 0 Å². The van der Waals surface area contributed by atoms with Gasteiger partial charge in [-0.1, -0.05) is 33.1 Å². The number of phenolic OH excluding ortho intramolecular Hbond substituents is 1. The number of ether oxygens (including phenoxy) is 1. The van der Waals surface area contributed by atoms with Crippen LogP contribution in [0.2, 0.25) is 0 Å². The van der Waals surface area contributed by atoms with Gasteiger partial charge in [-0.05, 0) is 54.9 Å². The highest BCUT2D eigenvalue weighted by Crippen LogP contribution is 2.34. The summed E-state index contributed by atoms with van der Waals surface area (Å²) in [6.45, 7) is 4.90. The predicted molar refractivity (Wildman–Crippen MR) is 99.7 cm³/mol. The molecule has 1 unspecified atom stereocenters. The van der Waals surface area contributed by atoms with E-state index in [0.717, 1.165) is 42.6 Å². The second-order valence-corrected chi connectivity index (χ2v) is 7.80. The molecule has 1 aliphatic carbocycles. The molecule has 1 atom stereocenters. The van der Waals surface area contributed by atoms with Gasteiger partial charge in [-0.25, -0.2) is 0 Å². The molecule has 0 fully saturated rings. The van der Waals surface area contributed by atoms with Crippen molar-refractivity contribution in [2.75, 3.05) is 12.4 Å². The standard InChI is InChI=1S/C20H30O3S/c1-3-5-7-15(4-2)14-23-20(22)10-11-24-17-12-16-8-6-9-18(16)19(21)13-17/h12-13,15,21H,3-11,14H2,1-2H3. The number of aryl methyl sites for hydroxylation is 1. The molecule has 0 saturated carbocycles. The number of phenols is 1. The average Bonchev–Trinajstić information content (AvgIpc) is 3.04. The maximum Gasteiger partial charge on any atom is 0.306 e. The van der Waals surface area contributed by atoms with E-state index in [0.29, 0.717) is 30.4 Å². The van der Waals surface area contributed by atoms with Gasteiger partial charge in [0.2, 0.25) is 0 Å². The van der Waals surface area contributed by atoms with E-state index in [1.165, 1.54) is 18.4 Å². The first-order chi connectivity index (χ1) is 11.6. The Labute approximate surface area is 150 Å². The van der Waals surface area contributed by atoms with Crippen molar-refractivity contribution in [3.8, 4) is 5.75 Å². The Morgan fingerprint density at radius 1 is 1.33 bits per heavy atom. The number of hydrogen-bond acceptors (Lipinski definition) is 4. The summed E-state index contributed by atoms with van der Waals surface area (Å²) in [5, 5.41) is 10.1. The van der Waals surface area contributed by atoms with Gasteiger partial charge in [0.15, 0.2) is 0 Å². The molecule has 4 heteroatoms. The van der Waals surface area contributed by atoms with Crippen molar-refractivity contribution >= 4 is 17.7 Å². The lowest BCUT2D eigenvalue weighted by Crippen LogP contribution is -2.14. The van der Waals surface area contributed by atoms with Crippen LogP contribution >= 0.6 is 11.8 Å². The fourth-order valence-corrected chi connectivity index (χ4v) is 4.10. The highest BCUT2D eigenvalue weighted by molar-refractivity contribution is 7.99. The lowest BCUT2D eigenvalue weighted by Gasteiger charge is -2.14. The van der Waals surface area contributed by atoms with Crippen LogP contribution < -0.4 is 0 Å². The van der Waals surface area contributed by atoms with Crippen LogP contribution in [0.4, 0.5) is 0 Å². The van der Waals surface area contributed by atoms with Gasteiger partial charge < -0.3 is 9.84 Å². The molecule has 0 heterocycles. The van der Waals surface area contributed by atoms with Gasteiger partial charge in [0, 0.05) is 10.6 Å². The van der Waals surface area contributed by atoms with E-state index in [2.05, 4.69) is 19.9 Å². The monoisotopic (exact) mass is 350 g/mol. The van der Waals surface area contributed by atoms with Crippen LogP contribution in [0, 0.1) is 5.92 Å². The SMILES string of the molecule is CCCCC(CC)COC(=O)CCSc1cc(O)c2c(c1)CCC2. The number of fused-ring (bicyclic) bond motifs is 1. The smallest absolute Gasteiger partial charge is 0.306 e. The van der Waals surface area contributed by atoms with Gasteiger partial charge in [-0.3, -0.25) is 4.79 Å². The Bertz CT molecular complexity index is 542. The van der Waals surface area contributed by atoms with Crippen molar-refractivity contribution in [3.05, 3.63) is 23.3 Å². The number of benzene rings is 1. The zero-order valence-corrected chi connectivity index (χ0v) is 15.8. The molecule has 0 amide bonds. The third-order valence-electron chi connectivity index (χ3n) is 4.76. The van der Waals surface area contributed by atoms with Crippen LogP contribution in [-0.2, 0) is 22.4 Å². The molecule has 0 spiro atoms. The molecule has 0 aliphatic heterocycles. The molecular weight excluding hydrogens is 320 g/mol. The van der Waals surface area contributed by atoms with E-state index in [9.17, 15) is 9.90 Å². The second kappa shape index (κ2) is 9.97. The fourth-order valence-electron chi connectivity index (χ4n) is 3.17. The lowest BCUT2D eigenvalue weighted by molar-refractivity contribution is -0.144. The Hall–Kier alpha value is -1.16. The molecular formula is C20H30O3S. The third kappa shape index (κ3) is 5.73. The molecule has 1 aromatic carbocycles. The van der Waals surface area contributed by atoms with Crippen LogP contribution in [0.25, 0.3) is 0 Å². The Morgan fingerprint density at radius 2 is 2.17 bits per heavy atom. The average molecular weight is 351 g/mol. The summed E-state index contributed by atoms with van der Waals surface area (Å²) >= 11 is 1.62. The zero-order chi connectivity index (χ0) is 17.4. The first-order valence-electron chi connectivity index (χ1n) is 9.27. The van der Waals surface area contributed by atoms with Crippen LogP contribution in [0.5, 0.6) is 5.75 Å². The van der Waals surface area contributed by atoms with E-state index in [1.54, 1.807) is 11.8 Å². The van der Waals surface area contributed by atoms with Gasteiger partial charge >= 0.3 is 5.97 Å². The molecule has 3 nitrogen and oxygen atoms in total. The Balaban J connectivity index is 1.70. The molecule has 134 valence electrons. The number of aromatic hydroxyl groups is 1. The zero-order valence-electron chi connectivity index (χ0n) is 15.0. The van der Waals surface area contributed by atoms with Crippen LogP contribution in [0.1, 0.15) is 63.5 Å². The van der Waals surface area contributed by atoms with Gasteiger partial charge in [-0.15, -0.1) is 11.8 Å². The summed E-state index contributed by atoms with van der Waals surface area (Å²) in [4.78, 5) is 12.9. The number of carbonyl (C=O) groups excluding carboxylic acids is 1. The highest BCUT2D eigenvalue weighted by atomic mass is 32.2. The summed E-state index contributed by atoms with van der Waals surface area (Å²) in [6.07, 6.45) is 8.18.